The van der Waals surface area contributed by atoms with Gasteiger partial charge in [0.25, 0.3) is 0 Å². The van der Waals surface area contributed by atoms with Crippen molar-refractivity contribution in [2.45, 2.75) is 43.6 Å². The van der Waals surface area contributed by atoms with Crippen LogP contribution >= 0.6 is 23.3 Å². The van der Waals surface area contributed by atoms with Crippen LogP contribution in [0.4, 0.5) is 0 Å². The van der Waals surface area contributed by atoms with Crippen molar-refractivity contribution in [2.24, 2.45) is 0 Å². The second kappa shape index (κ2) is 8.85. The molecule has 0 amide bonds. The first kappa shape index (κ1) is 14.9. The third kappa shape index (κ3) is 6.35. The molecule has 4 nitrogen and oxygen atoms in total. The number of nitrogens with zero attached hydrogens (tertiary/aromatic N) is 2. The van der Waals surface area contributed by atoms with Gasteiger partial charge in [0.05, 0.1) is 12.7 Å². The topological polar surface area (TPSA) is 55.2 Å². The second-order valence-electron chi connectivity index (χ2n) is 3.72. The molecular weight excluding hydrogens is 256 g/mol. The van der Waals surface area contributed by atoms with Gasteiger partial charge in [-0.05, 0) is 18.0 Å². The Morgan fingerprint density at radius 3 is 2.94 bits per heavy atom. The molecule has 1 aromatic heterocycles. The van der Waals surface area contributed by atoms with Crippen molar-refractivity contribution in [2.75, 3.05) is 19.0 Å². The number of ether oxygens (including phenoxy) is 1. The van der Waals surface area contributed by atoms with Gasteiger partial charge in [-0.3, -0.25) is 0 Å². The summed E-state index contributed by atoms with van der Waals surface area (Å²) in [4.78, 5) is 4.33. The van der Waals surface area contributed by atoms with Crippen LogP contribution in [0.15, 0.2) is 4.34 Å². The number of rotatable bonds is 9. The van der Waals surface area contributed by atoms with Gasteiger partial charge in [-0.2, -0.15) is 4.37 Å². The van der Waals surface area contributed by atoms with Crippen molar-refractivity contribution >= 4 is 23.3 Å². The minimum Gasteiger partial charge on any atom is -0.390 e. The Bertz CT molecular complexity index is 307. The third-order valence-corrected chi connectivity index (χ3v) is 4.13. The highest BCUT2D eigenvalue weighted by atomic mass is 32.2. The molecule has 1 rings (SSSR count). The van der Waals surface area contributed by atoms with E-state index < -0.39 is 6.10 Å². The minimum absolute atomic E-state index is 0.409. The predicted molar refractivity (Wildman–Crippen MR) is 71.7 cm³/mol. The van der Waals surface area contributed by atoms with E-state index in [2.05, 4.69) is 16.3 Å². The van der Waals surface area contributed by atoms with Crippen molar-refractivity contribution in [3.8, 4) is 0 Å². The first-order valence-electron chi connectivity index (χ1n) is 5.97. The Labute approximate surface area is 111 Å². The van der Waals surface area contributed by atoms with E-state index in [0.29, 0.717) is 12.4 Å². The number of aromatic nitrogens is 2. The molecule has 0 aliphatic carbocycles. The molecule has 0 spiro atoms. The maximum atomic E-state index is 9.68. The fourth-order valence-corrected chi connectivity index (χ4v) is 2.75. The van der Waals surface area contributed by atoms with Crippen LogP contribution in [-0.2, 0) is 11.2 Å². The van der Waals surface area contributed by atoms with E-state index in [-0.39, 0.29) is 0 Å². The maximum Gasteiger partial charge on any atom is 0.170 e. The molecule has 1 aromatic rings. The molecule has 0 fully saturated rings. The van der Waals surface area contributed by atoms with Gasteiger partial charge in [0.2, 0.25) is 0 Å². The molecule has 98 valence electrons. The lowest BCUT2D eigenvalue weighted by Gasteiger charge is -2.09. The van der Waals surface area contributed by atoms with Gasteiger partial charge < -0.3 is 9.84 Å². The second-order valence-corrected chi connectivity index (χ2v) is 5.74. The van der Waals surface area contributed by atoms with E-state index in [0.717, 1.165) is 36.0 Å². The monoisotopic (exact) mass is 276 g/mol. The molecule has 0 aromatic carbocycles. The molecule has 1 atom stereocenters. The molecule has 1 heterocycles. The highest BCUT2D eigenvalue weighted by molar-refractivity contribution is 8.00. The fourth-order valence-electron chi connectivity index (χ4n) is 1.12. The summed E-state index contributed by atoms with van der Waals surface area (Å²) in [6.07, 6.45) is 2.61. The number of hydrogen-bond donors (Lipinski definition) is 1. The number of aryl methyl sites for hydroxylation is 1. The summed E-state index contributed by atoms with van der Waals surface area (Å²) in [6, 6.07) is 0. The summed E-state index contributed by atoms with van der Waals surface area (Å²) in [5, 5.41) is 9.68. The highest BCUT2D eigenvalue weighted by Gasteiger charge is 2.08. The zero-order chi connectivity index (χ0) is 12.5. The van der Waals surface area contributed by atoms with Gasteiger partial charge in [-0.15, -0.1) is 0 Å². The first-order valence-corrected chi connectivity index (χ1v) is 7.73. The Morgan fingerprint density at radius 2 is 2.29 bits per heavy atom. The molecule has 0 aliphatic heterocycles. The fraction of sp³-hybridized carbons (Fsp3) is 0.818. The molecule has 0 saturated carbocycles. The zero-order valence-electron chi connectivity index (χ0n) is 10.4. The van der Waals surface area contributed by atoms with E-state index in [4.69, 9.17) is 4.74 Å². The lowest BCUT2D eigenvalue weighted by Crippen LogP contribution is -2.18. The van der Waals surface area contributed by atoms with E-state index in [1.165, 1.54) is 11.5 Å². The molecule has 0 bridgehead atoms. The van der Waals surface area contributed by atoms with Crippen LogP contribution in [0.2, 0.25) is 0 Å². The van der Waals surface area contributed by atoms with Crippen LogP contribution in [0.5, 0.6) is 0 Å². The molecule has 6 heteroatoms. The molecule has 1 unspecified atom stereocenters. The summed E-state index contributed by atoms with van der Waals surface area (Å²) < 4.78 is 10.5. The lowest BCUT2D eigenvalue weighted by atomic mass is 10.3. The van der Waals surface area contributed by atoms with Gasteiger partial charge in [0, 0.05) is 18.8 Å². The number of aliphatic hydroxyl groups is 1. The SMILES string of the molecule is CCCCOCC(O)CSc1nc(CC)ns1. The van der Waals surface area contributed by atoms with E-state index in [1.54, 1.807) is 11.8 Å². The summed E-state index contributed by atoms with van der Waals surface area (Å²) in [7, 11) is 0. The lowest BCUT2D eigenvalue weighted by molar-refractivity contribution is 0.0473. The maximum absolute atomic E-state index is 9.68. The standard InChI is InChI=1S/C11H20N2O2S2/c1-3-5-6-15-7-9(14)8-16-11-12-10(4-2)13-17-11/h9,14H,3-8H2,1-2H3. The number of thioether (sulfide) groups is 1. The average Bonchev–Trinajstić information content (AvgIpc) is 2.80. The van der Waals surface area contributed by atoms with Crippen LogP contribution in [0, 0.1) is 0 Å². The van der Waals surface area contributed by atoms with Crippen molar-refractivity contribution in [1.29, 1.82) is 0 Å². The van der Waals surface area contributed by atoms with E-state index in [1.807, 2.05) is 6.92 Å². The first-order chi connectivity index (χ1) is 8.26. The quantitative estimate of drug-likeness (QED) is 0.554. The van der Waals surface area contributed by atoms with E-state index in [9.17, 15) is 5.11 Å². The Hall–Kier alpha value is -0.170. The van der Waals surface area contributed by atoms with Crippen molar-refractivity contribution in [1.82, 2.24) is 9.36 Å². The summed E-state index contributed by atoms with van der Waals surface area (Å²) >= 11 is 2.94. The van der Waals surface area contributed by atoms with Crippen LogP contribution in [0.1, 0.15) is 32.5 Å². The molecule has 0 aliphatic rings. The van der Waals surface area contributed by atoms with Crippen LogP contribution in [0.25, 0.3) is 0 Å². The third-order valence-electron chi connectivity index (χ3n) is 2.12. The smallest absolute Gasteiger partial charge is 0.170 e. The summed E-state index contributed by atoms with van der Waals surface area (Å²) in [6.45, 7) is 5.30. The molecular formula is C11H20N2O2S2. The molecule has 0 saturated heterocycles. The number of hydrogen-bond acceptors (Lipinski definition) is 6. The van der Waals surface area contributed by atoms with Gasteiger partial charge in [0.15, 0.2) is 4.34 Å². The van der Waals surface area contributed by atoms with Crippen molar-refractivity contribution in [3.05, 3.63) is 5.82 Å². The van der Waals surface area contributed by atoms with Crippen molar-refractivity contribution < 1.29 is 9.84 Å². The Kier molecular flexibility index (Phi) is 7.75. The Balaban J connectivity index is 2.12. The molecule has 0 radical (unpaired) electrons. The highest BCUT2D eigenvalue weighted by Crippen LogP contribution is 2.21. The number of unbranched alkanes of at least 4 members (excludes halogenated alkanes) is 1. The van der Waals surface area contributed by atoms with Gasteiger partial charge in [-0.1, -0.05) is 32.0 Å². The van der Waals surface area contributed by atoms with Gasteiger partial charge >= 0.3 is 0 Å². The molecule has 17 heavy (non-hydrogen) atoms. The van der Waals surface area contributed by atoms with Crippen LogP contribution < -0.4 is 0 Å². The Morgan fingerprint density at radius 1 is 1.47 bits per heavy atom. The number of aliphatic hydroxyl groups excluding tert-OH is 1. The normalized spacial score (nSPS) is 12.9. The summed E-state index contributed by atoms with van der Waals surface area (Å²) in [5.74, 6) is 1.50. The van der Waals surface area contributed by atoms with Gasteiger partial charge in [0.1, 0.15) is 5.82 Å². The van der Waals surface area contributed by atoms with Crippen LogP contribution in [0.3, 0.4) is 0 Å². The predicted octanol–water partition coefficient (Wildman–Crippen LogP) is 2.37. The van der Waals surface area contributed by atoms with Crippen LogP contribution in [-0.4, -0.2) is 39.5 Å². The molecule has 1 N–H and O–H groups in total. The van der Waals surface area contributed by atoms with E-state index >= 15 is 0 Å². The summed E-state index contributed by atoms with van der Waals surface area (Å²) in [5.41, 5.74) is 0. The minimum atomic E-state index is -0.425. The average molecular weight is 276 g/mol. The zero-order valence-corrected chi connectivity index (χ0v) is 12.0. The van der Waals surface area contributed by atoms with Crippen molar-refractivity contribution in [3.63, 3.8) is 0 Å². The van der Waals surface area contributed by atoms with Gasteiger partial charge in [-0.25, -0.2) is 4.98 Å². The largest absolute Gasteiger partial charge is 0.390 e.